The molecule has 24 heavy (non-hydrogen) atoms. The summed E-state index contributed by atoms with van der Waals surface area (Å²) in [5.74, 6) is 1.90. The number of nitrogens with one attached hydrogen (secondary N) is 1. The zero-order chi connectivity index (χ0) is 15.6. The highest BCUT2D eigenvalue weighted by atomic mass is 35.5. The van der Waals surface area contributed by atoms with Crippen LogP contribution >= 0.6 is 12.4 Å². The van der Waals surface area contributed by atoms with E-state index in [-0.39, 0.29) is 24.4 Å². The Kier molecular flexibility index (Phi) is 5.21. The Morgan fingerprint density at radius 2 is 2.17 bits per heavy atom. The van der Waals surface area contributed by atoms with Crippen molar-refractivity contribution in [1.82, 2.24) is 15.2 Å². The molecule has 4 rings (SSSR count). The number of oxazole rings is 1. The smallest absolute Gasteiger partial charge is 0.240 e. The highest BCUT2D eigenvalue weighted by molar-refractivity contribution is 5.85. The zero-order valence-electron chi connectivity index (χ0n) is 13.5. The van der Waals surface area contributed by atoms with Crippen LogP contribution in [0.5, 0.6) is 0 Å². The van der Waals surface area contributed by atoms with E-state index in [9.17, 15) is 4.79 Å². The number of fused-ring (bicyclic) bond motifs is 1. The Labute approximate surface area is 147 Å². The average molecular weight is 348 g/mol. The molecule has 0 aliphatic carbocycles. The third-order valence-electron chi connectivity index (χ3n) is 4.64. The van der Waals surface area contributed by atoms with E-state index in [1.807, 2.05) is 23.1 Å². The lowest BCUT2D eigenvalue weighted by Gasteiger charge is -2.27. The normalized spacial score (nSPS) is 19.7. The van der Waals surface area contributed by atoms with Gasteiger partial charge in [-0.05, 0) is 24.9 Å². The van der Waals surface area contributed by atoms with Crippen LogP contribution in [0.1, 0.15) is 35.7 Å². The van der Waals surface area contributed by atoms with Gasteiger partial charge >= 0.3 is 0 Å². The number of aromatic nitrogens is 1. The summed E-state index contributed by atoms with van der Waals surface area (Å²) in [7, 11) is 0. The quantitative estimate of drug-likeness (QED) is 0.925. The molecular formula is C18H22ClN3O2. The van der Waals surface area contributed by atoms with Crippen LogP contribution in [0, 0.1) is 0 Å². The van der Waals surface area contributed by atoms with Crippen molar-refractivity contribution >= 4 is 18.3 Å². The second-order valence-corrected chi connectivity index (χ2v) is 6.30. The number of carbonyl (C=O) groups excluding carboxylic acids is 1. The average Bonchev–Trinajstić information content (AvgIpc) is 3.23. The van der Waals surface area contributed by atoms with Gasteiger partial charge < -0.3 is 14.6 Å². The van der Waals surface area contributed by atoms with Gasteiger partial charge in [0, 0.05) is 19.4 Å². The summed E-state index contributed by atoms with van der Waals surface area (Å²) in [6, 6.07) is 10.2. The summed E-state index contributed by atoms with van der Waals surface area (Å²) < 4.78 is 5.90. The third-order valence-corrected chi connectivity index (χ3v) is 4.64. The molecule has 0 unspecified atom stereocenters. The van der Waals surface area contributed by atoms with E-state index in [0.717, 1.165) is 49.7 Å². The third kappa shape index (κ3) is 3.47. The van der Waals surface area contributed by atoms with E-state index in [1.165, 1.54) is 5.56 Å². The summed E-state index contributed by atoms with van der Waals surface area (Å²) in [5.41, 5.74) is 2.11. The number of carbonyl (C=O) groups is 1. The maximum Gasteiger partial charge on any atom is 0.240 e. The minimum Gasteiger partial charge on any atom is -0.445 e. The molecule has 2 aliphatic heterocycles. The molecule has 0 radical (unpaired) electrons. The van der Waals surface area contributed by atoms with Gasteiger partial charge in [0.2, 0.25) is 5.91 Å². The molecule has 1 aromatic heterocycles. The molecule has 0 spiro atoms. The van der Waals surface area contributed by atoms with Crippen molar-refractivity contribution in [3.63, 3.8) is 0 Å². The maximum atomic E-state index is 12.5. The van der Waals surface area contributed by atoms with Gasteiger partial charge in [-0.2, -0.15) is 0 Å². The van der Waals surface area contributed by atoms with Crippen molar-refractivity contribution in [1.29, 1.82) is 0 Å². The first kappa shape index (κ1) is 17.0. The number of nitrogens with zero attached hydrogens (tertiary/aromatic N) is 2. The number of rotatable bonds is 3. The van der Waals surface area contributed by atoms with Crippen LogP contribution in [-0.4, -0.2) is 34.9 Å². The van der Waals surface area contributed by atoms with E-state index < -0.39 is 0 Å². The maximum absolute atomic E-state index is 12.5. The minimum absolute atomic E-state index is 0. The summed E-state index contributed by atoms with van der Waals surface area (Å²) in [6.07, 6.45) is 3.49. The Morgan fingerprint density at radius 1 is 1.33 bits per heavy atom. The highest BCUT2D eigenvalue weighted by Crippen LogP contribution is 2.22. The van der Waals surface area contributed by atoms with Crippen LogP contribution in [0.2, 0.25) is 0 Å². The van der Waals surface area contributed by atoms with Gasteiger partial charge in [0.1, 0.15) is 11.5 Å². The Balaban J connectivity index is 0.00000169. The summed E-state index contributed by atoms with van der Waals surface area (Å²) in [4.78, 5) is 19.1. The van der Waals surface area contributed by atoms with Crippen molar-refractivity contribution in [2.75, 3.05) is 13.1 Å². The molecule has 3 heterocycles. The standard InChI is InChI=1S/C18H21N3O2.ClH/c22-18(14-7-4-9-19-14)21-10-8-16-15(12-21)20-17(23-16)11-13-5-2-1-3-6-13;/h1-3,5-6,14,19H,4,7-12H2;1H/t14-;/m0./s1. The Morgan fingerprint density at radius 3 is 2.92 bits per heavy atom. The molecule has 1 N–H and O–H groups in total. The molecule has 1 fully saturated rings. The lowest BCUT2D eigenvalue weighted by molar-refractivity contribution is -0.134. The van der Waals surface area contributed by atoms with Crippen molar-refractivity contribution in [2.24, 2.45) is 0 Å². The molecule has 2 aliphatic rings. The van der Waals surface area contributed by atoms with Crippen molar-refractivity contribution in [2.45, 2.75) is 38.3 Å². The van der Waals surface area contributed by atoms with E-state index in [1.54, 1.807) is 0 Å². The van der Waals surface area contributed by atoms with Crippen LogP contribution in [0.15, 0.2) is 34.7 Å². The topological polar surface area (TPSA) is 58.4 Å². The van der Waals surface area contributed by atoms with E-state index in [0.29, 0.717) is 13.0 Å². The second kappa shape index (κ2) is 7.36. The highest BCUT2D eigenvalue weighted by Gasteiger charge is 2.31. The Hall–Kier alpha value is -1.85. The molecule has 0 saturated carbocycles. The van der Waals surface area contributed by atoms with Gasteiger partial charge in [-0.25, -0.2) is 4.98 Å². The van der Waals surface area contributed by atoms with Crippen LogP contribution in [-0.2, 0) is 24.2 Å². The second-order valence-electron chi connectivity index (χ2n) is 6.30. The van der Waals surface area contributed by atoms with Gasteiger partial charge in [0.25, 0.3) is 0 Å². The van der Waals surface area contributed by atoms with Crippen LogP contribution < -0.4 is 5.32 Å². The molecule has 6 heteroatoms. The van der Waals surface area contributed by atoms with E-state index >= 15 is 0 Å². The van der Waals surface area contributed by atoms with Gasteiger partial charge in [0.15, 0.2) is 5.89 Å². The first-order valence-corrected chi connectivity index (χ1v) is 8.33. The lowest BCUT2D eigenvalue weighted by Crippen LogP contribution is -2.45. The number of hydrogen-bond acceptors (Lipinski definition) is 4. The molecule has 1 saturated heterocycles. The van der Waals surface area contributed by atoms with Gasteiger partial charge in [0.05, 0.1) is 12.6 Å². The van der Waals surface area contributed by atoms with Gasteiger partial charge in [-0.15, -0.1) is 12.4 Å². The number of benzene rings is 1. The number of amides is 1. The molecule has 0 bridgehead atoms. The van der Waals surface area contributed by atoms with Crippen molar-refractivity contribution in [3.05, 3.63) is 53.2 Å². The number of halogens is 1. The SMILES string of the molecule is Cl.O=C([C@@H]1CCCN1)N1CCc2oc(Cc3ccccc3)nc2C1. The van der Waals surface area contributed by atoms with Crippen LogP contribution in [0.4, 0.5) is 0 Å². The summed E-state index contributed by atoms with van der Waals surface area (Å²) in [6.45, 7) is 2.25. The molecule has 5 nitrogen and oxygen atoms in total. The Bertz CT molecular complexity index is 696. The molecule has 1 atom stereocenters. The molecule has 128 valence electrons. The van der Waals surface area contributed by atoms with Gasteiger partial charge in [-0.1, -0.05) is 30.3 Å². The fourth-order valence-corrected chi connectivity index (χ4v) is 3.40. The minimum atomic E-state index is -0.00719. The van der Waals surface area contributed by atoms with E-state index in [4.69, 9.17) is 4.42 Å². The summed E-state index contributed by atoms with van der Waals surface area (Å²) >= 11 is 0. The van der Waals surface area contributed by atoms with Crippen molar-refractivity contribution < 1.29 is 9.21 Å². The largest absolute Gasteiger partial charge is 0.445 e. The first-order chi connectivity index (χ1) is 11.3. The monoisotopic (exact) mass is 347 g/mol. The fraction of sp³-hybridized carbons (Fsp3) is 0.444. The number of hydrogen-bond donors (Lipinski definition) is 1. The first-order valence-electron chi connectivity index (χ1n) is 8.33. The lowest BCUT2D eigenvalue weighted by atomic mass is 10.1. The van der Waals surface area contributed by atoms with Crippen LogP contribution in [0.3, 0.4) is 0 Å². The molecular weight excluding hydrogens is 326 g/mol. The summed E-state index contributed by atoms with van der Waals surface area (Å²) in [5, 5.41) is 3.28. The molecule has 1 amide bonds. The van der Waals surface area contributed by atoms with E-state index in [2.05, 4.69) is 22.4 Å². The predicted octanol–water partition coefficient (Wildman–Crippen LogP) is 2.32. The fourth-order valence-electron chi connectivity index (χ4n) is 3.40. The predicted molar refractivity (Wildman–Crippen MR) is 93.1 cm³/mol. The molecule has 2 aromatic rings. The van der Waals surface area contributed by atoms with Crippen molar-refractivity contribution in [3.8, 4) is 0 Å². The van der Waals surface area contributed by atoms with Gasteiger partial charge in [-0.3, -0.25) is 4.79 Å². The zero-order valence-corrected chi connectivity index (χ0v) is 14.3. The molecule has 1 aromatic carbocycles. The van der Waals surface area contributed by atoms with Crippen LogP contribution in [0.25, 0.3) is 0 Å².